The molecule has 1 atom stereocenters. The number of anilines is 1. The highest BCUT2D eigenvalue weighted by molar-refractivity contribution is 7.98. The highest BCUT2D eigenvalue weighted by atomic mass is 32.2. The van der Waals surface area contributed by atoms with Gasteiger partial charge in [0.25, 0.3) is 0 Å². The second-order valence-electron chi connectivity index (χ2n) is 3.64. The molecular formula is C11H19N3S. The number of nitrogens with zero attached hydrogens (tertiary/aromatic N) is 2. The first-order valence-corrected chi connectivity index (χ1v) is 6.46. The lowest BCUT2D eigenvalue weighted by atomic mass is 10.2. The number of aromatic nitrogens is 1. The zero-order valence-corrected chi connectivity index (χ0v) is 10.4. The molecule has 0 spiro atoms. The van der Waals surface area contributed by atoms with Crippen LogP contribution in [0, 0.1) is 0 Å². The third-order valence-electron chi connectivity index (χ3n) is 2.31. The SMILES string of the molecule is CSCCN(C)c1ccc(C(C)N)nc1. The fourth-order valence-corrected chi connectivity index (χ4v) is 1.71. The van der Waals surface area contributed by atoms with Crippen LogP contribution in [0.1, 0.15) is 18.7 Å². The second-order valence-corrected chi connectivity index (χ2v) is 4.63. The van der Waals surface area contributed by atoms with Crippen LogP contribution in [0.15, 0.2) is 18.3 Å². The monoisotopic (exact) mass is 225 g/mol. The molecule has 0 saturated carbocycles. The first-order valence-electron chi connectivity index (χ1n) is 5.06. The summed E-state index contributed by atoms with van der Waals surface area (Å²) in [5.74, 6) is 1.13. The van der Waals surface area contributed by atoms with Crippen molar-refractivity contribution in [2.24, 2.45) is 5.73 Å². The van der Waals surface area contributed by atoms with Gasteiger partial charge in [-0.05, 0) is 25.3 Å². The van der Waals surface area contributed by atoms with E-state index in [2.05, 4.69) is 29.3 Å². The summed E-state index contributed by atoms with van der Waals surface area (Å²) < 4.78 is 0. The van der Waals surface area contributed by atoms with Crippen LogP contribution in [0.3, 0.4) is 0 Å². The molecule has 1 aromatic heterocycles. The summed E-state index contributed by atoms with van der Waals surface area (Å²) in [5.41, 5.74) is 7.83. The summed E-state index contributed by atoms with van der Waals surface area (Å²) in [4.78, 5) is 6.54. The Bertz CT molecular complexity index is 284. The van der Waals surface area contributed by atoms with Gasteiger partial charge in [0, 0.05) is 25.4 Å². The van der Waals surface area contributed by atoms with E-state index < -0.39 is 0 Å². The zero-order valence-electron chi connectivity index (χ0n) is 9.60. The molecular weight excluding hydrogens is 206 g/mol. The van der Waals surface area contributed by atoms with E-state index in [1.807, 2.05) is 30.9 Å². The smallest absolute Gasteiger partial charge is 0.0569 e. The van der Waals surface area contributed by atoms with Gasteiger partial charge >= 0.3 is 0 Å². The van der Waals surface area contributed by atoms with Crippen molar-refractivity contribution in [2.45, 2.75) is 13.0 Å². The Balaban J connectivity index is 2.62. The van der Waals surface area contributed by atoms with Gasteiger partial charge in [-0.1, -0.05) is 0 Å². The maximum absolute atomic E-state index is 5.74. The normalized spacial score (nSPS) is 12.5. The van der Waals surface area contributed by atoms with E-state index >= 15 is 0 Å². The van der Waals surface area contributed by atoms with E-state index in [0.29, 0.717) is 0 Å². The summed E-state index contributed by atoms with van der Waals surface area (Å²) in [6, 6.07) is 4.08. The molecule has 0 bridgehead atoms. The molecule has 4 heteroatoms. The van der Waals surface area contributed by atoms with E-state index in [0.717, 1.165) is 23.7 Å². The fraction of sp³-hybridized carbons (Fsp3) is 0.545. The lowest BCUT2D eigenvalue weighted by Crippen LogP contribution is -2.20. The van der Waals surface area contributed by atoms with Crippen molar-refractivity contribution < 1.29 is 0 Å². The minimum atomic E-state index is 0.00977. The van der Waals surface area contributed by atoms with Crippen LogP contribution < -0.4 is 10.6 Å². The van der Waals surface area contributed by atoms with E-state index in [4.69, 9.17) is 5.73 Å². The van der Waals surface area contributed by atoms with Gasteiger partial charge in [-0.15, -0.1) is 0 Å². The summed E-state index contributed by atoms with van der Waals surface area (Å²) in [6.45, 7) is 2.99. The van der Waals surface area contributed by atoms with Gasteiger partial charge in [0.15, 0.2) is 0 Å². The lowest BCUT2D eigenvalue weighted by Gasteiger charge is -2.18. The van der Waals surface area contributed by atoms with Crippen molar-refractivity contribution in [3.8, 4) is 0 Å². The fourth-order valence-electron chi connectivity index (χ4n) is 1.25. The summed E-state index contributed by atoms with van der Waals surface area (Å²) in [6.07, 6.45) is 4.00. The van der Waals surface area contributed by atoms with Gasteiger partial charge in [0.05, 0.1) is 17.6 Å². The Hall–Kier alpha value is -0.740. The topological polar surface area (TPSA) is 42.1 Å². The molecule has 0 aliphatic heterocycles. The second kappa shape index (κ2) is 5.98. The van der Waals surface area contributed by atoms with Crippen molar-refractivity contribution in [3.05, 3.63) is 24.0 Å². The molecule has 0 aliphatic carbocycles. The summed E-state index contributed by atoms with van der Waals surface area (Å²) in [7, 11) is 2.08. The molecule has 0 amide bonds. The first-order chi connectivity index (χ1) is 7.15. The largest absolute Gasteiger partial charge is 0.373 e. The highest BCUT2D eigenvalue weighted by Crippen LogP contribution is 2.14. The standard InChI is InChI=1S/C11H19N3S/c1-9(12)11-5-4-10(8-13-11)14(2)6-7-15-3/h4-5,8-9H,6-7,12H2,1-3H3. The molecule has 1 unspecified atom stereocenters. The van der Waals surface area contributed by atoms with Crippen LogP contribution in [0.4, 0.5) is 5.69 Å². The van der Waals surface area contributed by atoms with Crippen molar-refractivity contribution >= 4 is 17.4 Å². The van der Waals surface area contributed by atoms with Gasteiger partial charge < -0.3 is 10.6 Å². The Morgan fingerprint density at radius 1 is 1.53 bits per heavy atom. The number of thioether (sulfide) groups is 1. The van der Waals surface area contributed by atoms with E-state index in [-0.39, 0.29) is 6.04 Å². The average Bonchev–Trinajstić information content (AvgIpc) is 2.26. The third-order valence-corrected chi connectivity index (χ3v) is 2.90. The Morgan fingerprint density at radius 3 is 2.73 bits per heavy atom. The molecule has 0 fully saturated rings. The Morgan fingerprint density at radius 2 is 2.27 bits per heavy atom. The Kier molecular flexibility index (Phi) is 4.91. The van der Waals surface area contributed by atoms with Crippen LogP contribution in [-0.2, 0) is 0 Å². The van der Waals surface area contributed by atoms with Crippen LogP contribution in [-0.4, -0.2) is 30.6 Å². The average molecular weight is 225 g/mol. The summed E-state index contributed by atoms with van der Waals surface area (Å²) in [5, 5.41) is 0. The van der Waals surface area contributed by atoms with E-state index in [1.165, 1.54) is 0 Å². The maximum Gasteiger partial charge on any atom is 0.0569 e. The Labute approximate surface area is 96.1 Å². The first kappa shape index (κ1) is 12.3. The quantitative estimate of drug-likeness (QED) is 0.831. The molecule has 2 N–H and O–H groups in total. The zero-order chi connectivity index (χ0) is 11.3. The molecule has 1 aromatic rings. The van der Waals surface area contributed by atoms with E-state index in [1.54, 1.807) is 0 Å². The molecule has 0 aliphatic rings. The van der Waals surface area contributed by atoms with Gasteiger partial charge in [-0.3, -0.25) is 4.98 Å². The van der Waals surface area contributed by atoms with Crippen molar-refractivity contribution in [3.63, 3.8) is 0 Å². The number of pyridine rings is 1. The highest BCUT2D eigenvalue weighted by Gasteiger charge is 2.03. The van der Waals surface area contributed by atoms with Gasteiger partial charge in [0.2, 0.25) is 0 Å². The minimum Gasteiger partial charge on any atom is -0.373 e. The molecule has 0 radical (unpaired) electrons. The van der Waals surface area contributed by atoms with Gasteiger partial charge in [-0.25, -0.2) is 0 Å². The number of hydrogen-bond acceptors (Lipinski definition) is 4. The molecule has 84 valence electrons. The third kappa shape index (κ3) is 3.72. The van der Waals surface area contributed by atoms with Gasteiger partial charge in [-0.2, -0.15) is 11.8 Å². The molecule has 3 nitrogen and oxygen atoms in total. The van der Waals surface area contributed by atoms with Crippen LogP contribution in [0.2, 0.25) is 0 Å². The molecule has 1 rings (SSSR count). The predicted octanol–water partition coefficient (Wildman–Crippen LogP) is 1.90. The predicted molar refractivity (Wildman–Crippen MR) is 68.5 cm³/mol. The molecule has 15 heavy (non-hydrogen) atoms. The number of rotatable bonds is 5. The molecule has 0 aromatic carbocycles. The van der Waals surface area contributed by atoms with Crippen molar-refractivity contribution in [1.82, 2.24) is 4.98 Å². The summed E-state index contributed by atoms with van der Waals surface area (Å²) >= 11 is 1.85. The minimum absolute atomic E-state index is 0.00977. The van der Waals surface area contributed by atoms with E-state index in [9.17, 15) is 0 Å². The van der Waals surface area contributed by atoms with Crippen LogP contribution in [0.5, 0.6) is 0 Å². The lowest BCUT2D eigenvalue weighted by molar-refractivity contribution is 0.779. The van der Waals surface area contributed by atoms with Gasteiger partial charge in [0.1, 0.15) is 0 Å². The van der Waals surface area contributed by atoms with Crippen molar-refractivity contribution in [2.75, 3.05) is 30.5 Å². The number of nitrogens with two attached hydrogens (primary N) is 1. The van der Waals surface area contributed by atoms with Crippen molar-refractivity contribution in [1.29, 1.82) is 0 Å². The maximum atomic E-state index is 5.74. The number of hydrogen-bond donors (Lipinski definition) is 1. The molecule has 1 heterocycles. The van der Waals surface area contributed by atoms with Crippen LogP contribution >= 0.6 is 11.8 Å². The van der Waals surface area contributed by atoms with Crippen LogP contribution in [0.25, 0.3) is 0 Å². The molecule has 0 saturated heterocycles.